The normalized spacial score (nSPS) is 14.7. The fourth-order valence-corrected chi connectivity index (χ4v) is 3.61. The number of amides is 1. The number of pyridine rings is 1. The van der Waals surface area contributed by atoms with Crippen LogP contribution in [0.25, 0.3) is 10.9 Å². The molecule has 0 radical (unpaired) electrons. The largest absolute Gasteiger partial charge is 0.380 e. The van der Waals surface area contributed by atoms with Crippen LogP contribution in [0.5, 0.6) is 0 Å². The fraction of sp³-hybridized carbons (Fsp3) is 0.333. The Morgan fingerprint density at radius 1 is 1.14 bits per heavy atom. The van der Waals surface area contributed by atoms with Crippen molar-refractivity contribution < 1.29 is 9.18 Å². The molecule has 1 fully saturated rings. The number of nitrogens with zero attached hydrogens (tertiary/aromatic N) is 4. The van der Waals surface area contributed by atoms with E-state index >= 15 is 0 Å². The molecule has 3 heterocycles. The van der Waals surface area contributed by atoms with Crippen LogP contribution in [0.1, 0.15) is 13.8 Å². The van der Waals surface area contributed by atoms with Crippen LogP contribution in [0, 0.1) is 5.82 Å². The number of anilines is 2. The number of carbonyl (C=O) groups is 1. The molecular weight excluding hydrogens is 357 g/mol. The Morgan fingerprint density at radius 3 is 2.68 bits per heavy atom. The van der Waals surface area contributed by atoms with Gasteiger partial charge in [-0.2, -0.15) is 0 Å². The van der Waals surface area contributed by atoms with Crippen LogP contribution in [0.15, 0.2) is 48.8 Å². The number of hydrogen-bond donors (Lipinski definition) is 1. The molecule has 0 aliphatic carbocycles. The van der Waals surface area contributed by atoms with E-state index in [2.05, 4.69) is 29.0 Å². The van der Waals surface area contributed by atoms with Gasteiger partial charge in [-0.05, 0) is 50.2 Å². The molecule has 0 unspecified atom stereocenters. The number of hydrogen-bond acceptors (Lipinski definition) is 4. The van der Waals surface area contributed by atoms with E-state index in [-0.39, 0.29) is 11.8 Å². The number of halogens is 1. The highest BCUT2D eigenvalue weighted by atomic mass is 19.1. The lowest BCUT2D eigenvalue weighted by molar-refractivity contribution is 0.197. The molecule has 7 heteroatoms. The number of rotatable bonds is 3. The predicted molar refractivity (Wildman–Crippen MR) is 109 cm³/mol. The van der Waals surface area contributed by atoms with Gasteiger partial charge < -0.3 is 15.1 Å². The molecule has 146 valence electrons. The second-order valence-electron chi connectivity index (χ2n) is 7.32. The molecule has 4 rings (SSSR count). The standard InChI is InChI=1S/C21H24FN5O/c1-15(2)24-18-4-3-8-23-20(18)25-10-12-26(13-11-25)21(28)27-9-7-16-14-17(22)5-6-19(16)27/h3-9,14-15,24H,10-13H2,1-2H3. The molecular formula is C21H24FN5O. The third kappa shape index (κ3) is 3.52. The number of piperazine rings is 1. The molecule has 28 heavy (non-hydrogen) atoms. The maximum atomic E-state index is 13.4. The molecule has 0 spiro atoms. The second-order valence-corrected chi connectivity index (χ2v) is 7.32. The van der Waals surface area contributed by atoms with E-state index in [1.807, 2.05) is 17.0 Å². The molecule has 1 saturated heterocycles. The monoisotopic (exact) mass is 381 g/mol. The summed E-state index contributed by atoms with van der Waals surface area (Å²) in [4.78, 5) is 21.5. The molecule has 0 bridgehead atoms. The predicted octanol–water partition coefficient (Wildman–Crippen LogP) is 3.79. The Bertz CT molecular complexity index is 991. The van der Waals surface area contributed by atoms with Crippen molar-refractivity contribution >= 4 is 28.4 Å². The Hall–Kier alpha value is -3.09. The highest BCUT2D eigenvalue weighted by molar-refractivity contribution is 5.91. The minimum absolute atomic E-state index is 0.0807. The third-order valence-electron chi connectivity index (χ3n) is 4.94. The maximum Gasteiger partial charge on any atom is 0.328 e. The van der Waals surface area contributed by atoms with Crippen LogP contribution in [0.3, 0.4) is 0 Å². The van der Waals surface area contributed by atoms with Gasteiger partial charge in [-0.1, -0.05) is 0 Å². The molecule has 1 amide bonds. The van der Waals surface area contributed by atoms with Gasteiger partial charge in [0.05, 0.1) is 11.2 Å². The second kappa shape index (κ2) is 7.50. The summed E-state index contributed by atoms with van der Waals surface area (Å²) >= 11 is 0. The van der Waals surface area contributed by atoms with E-state index in [4.69, 9.17) is 0 Å². The molecule has 6 nitrogen and oxygen atoms in total. The maximum absolute atomic E-state index is 13.4. The van der Waals surface area contributed by atoms with E-state index in [9.17, 15) is 9.18 Å². The minimum atomic E-state index is -0.299. The van der Waals surface area contributed by atoms with Crippen LogP contribution in [0.4, 0.5) is 20.7 Å². The van der Waals surface area contributed by atoms with Crippen molar-refractivity contribution in [1.82, 2.24) is 14.5 Å². The zero-order valence-electron chi connectivity index (χ0n) is 16.1. The molecule has 1 aliphatic heterocycles. The lowest BCUT2D eigenvalue weighted by Gasteiger charge is -2.36. The molecule has 2 aromatic heterocycles. The minimum Gasteiger partial charge on any atom is -0.380 e. The van der Waals surface area contributed by atoms with Crippen LogP contribution in [-0.4, -0.2) is 52.7 Å². The van der Waals surface area contributed by atoms with E-state index in [0.717, 1.165) is 22.4 Å². The van der Waals surface area contributed by atoms with Gasteiger partial charge in [0.1, 0.15) is 5.82 Å². The van der Waals surface area contributed by atoms with Gasteiger partial charge >= 0.3 is 6.03 Å². The Morgan fingerprint density at radius 2 is 1.93 bits per heavy atom. The topological polar surface area (TPSA) is 53.4 Å². The van der Waals surface area contributed by atoms with Crippen molar-refractivity contribution in [1.29, 1.82) is 0 Å². The number of benzene rings is 1. The zero-order valence-corrected chi connectivity index (χ0v) is 16.1. The highest BCUT2D eigenvalue weighted by Crippen LogP contribution is 2.25. The van der Waals surface area contributed by atoms with Crippen molar-refractivity contribution in [2.24, 2.45) is 0 Å². The average Bonchev–Trinajstić information content (AvgIpc) is 3.10. The summed E-state index contributed by atoms with van der Waals surface area (Å²) in [5, 5.41) is 4.16. The number of carbonyl (C=O) groups excluding carboxylic acids is 1. The van der Waals surface area contributed by atoms with Gasteiger partial charge in [-0.15, -0.1) is 0 Å². The fourth-order valence-electron chi connectivity index (χ4n) is 3.61. The molecule has 0 saturated carbocycles. The van der Waals surface area contributed by atoms with E-state index in [1.165, 1.54) is 12.1 Å². The smallest absolute Gasteiger partial charge is 0.328 e. The Labute approximate surface area is 163 Å². The van der Waals surface area contributed by atoms with Crippen molar-refractivity contribution in [2.45, 2.75) is 19.9 Å². The first-order valence-electron chi connectivity index (χ1n) is 9.55. The van der Waals surface area contributed by atoms with Crippen molar-refractivity contribution in [3.8, 4) is 0 Å². The molecule has 1 N–H and O–H groups in total. The summed E-state index contributed by atoms with van der Waals surface area (Å²) < 4.78 is 15.0. The van der Waals surface area contributed by atoms with Gasteiger partial charge in [0.2, 0.25) is 0 Å². The van der Waals surface area contributed by atoms with Crippen molar-refractivity contribution in [3.63, 3.8) is 0 Å². The Kier molecular flexibility index (Phi) is 4.90. The SMILES string of the molecule is CC(C)Nc1cccnc1N1CCN(C(=O)n2ccc3cc(F)ccc32)CC1. The Balaban J connectivity index is 1.48. The van der Waals surface area contributed by atoms with Crippen LogP contribution in [-0.2, 0) is 0 Å². The summed E-state index contributed by atoms with van der Waals surface area (Å²) in [6, 6.07) is 10.4. The first kappa shape index (κ1) is 18.3. The van der Waals surface area contributed by atoms with E-state index in [1.54, 1.807) is 29.1 Å². The molecule has 1 aliphatic rings. The number of fused-ring (bicyclic) bond motifs is 1. The number of aromatic nitrogens is 2. The van der Waals surface area contributed by atoms with Gasteiger partial charge in [0, 0.05) is 50.0 Å². The molecule has 3 aromatic rings. The highest BCUT2D eigenvalue weighted by Gasteiger charge is 2.25. The van der Waals surface area contributed by atoms with Crippen molar-refractivity contribution in [3.05, 3.63) is 54.6 Å². The summed E-state index contributed by atoms with van der Waals surface area (Å²) in [6.07, 6.45) is 3.51. The zero-order chi connectivity index (χ0) is 19.7. The summed E-state index contributed by atoms with van der Waals surface area (Å²) in [5.41, 5.74) is 1.73. The van der Waals surface area contributed by atoms with Crippen LogP contribution in [0.2, 0.25) is 0 Å². The lowest BCUT2D eigenvalue weighted by atomic mass is 10.2. The van der Waals surface area contributed by atoms with Crippen LogP contribution < -0.4 is 10.2 Å². The average molecular weight is 381 g/mol. The van der Waals surface area contributed by atoms with Crippen molar-refractivity contribution in [2.75, 3.05) is 36.4 Å². The summed E-state index contributed by atoms with van der Waals surface area (Å²) in [6.45, 7) is 6.84. The molecule has 0 atom stereocenters. The lowest BCUT2D eigenvalue weighted by Crippen LogP contribution is -2.50. The molecule has 1 aromatic carbocycles. The first-order chi connectivity index (χ1) is 13.5. The number of nitrogens with one attached hydrogen (secondary N) is 1. The van der Waals surface area contributed by atoms with Gasteiger partial charge in [-0.3, -0.25) is 4.57 Å². The third-order valence-corrected chi connectivity index (χ3v) is 4.94. The quantitative estimate of drug-likeness (QED) is 0.750. The van der Waals surface area contributed by atoms with Crippen LogP contribution >= 0.6 is 0 Å². The first-order valence-corrected chi connectivity index (χ1v) is 9.55. The van der Waals surface area contributed by atoms with Gasteiger partial charge in [0.15, 0.2) is 5.82 Å². The van der Waals surface area contributed by atoms with Gasteiger partial charge in [0.25, 0.3) is 0 Å². The van der Waals surface area contributed by atoms with E-state index < -0.39 is 0 Å². The van der Waals surface area contributed by atoms with Gasteiger partial charge in [-0.25, -0.2) is 14.2 Å². The summed E-state index contributed by atoms with van der Waals surface area (Å²) in [5.74, 6) is 0.623. The summed E-state index contributed by atoms with van der Waals surface area (Å²) in [7, 11) is 0. The van der Waals surface area contributed by atoms with E-state index in [0.29, 0.717) is 32.2 Å².